The molecule has 1 aliphatic rings. The summed E-state index contributed by atoms with van der Waals surface area (Å²) in [5.41, 5.74) is 3.31. The molecule has 1 atom stereocenters. The van der Waals surface area contributed by atoms with E-state index in [1.54, 1.807) is 0 Å². The minimum atomic E-state index is -3.51. The molecular formula is C17H15BrN4O2S. The highest BCUT2D eigenvalue weighted by molar-refractivity contribution is 9.10. The Bertz CT molecular complexity index is 1040. The predicted molar refractivity (Wildman–Crippen MR) is 101 cm³/mol. The third-order valence-corrected chi connectivity index (χ3v) is 5.66. The molecule has 1 unspecified atom stereocenters. The van der Waals surface area contributed by atoms with Crippen LogP contribution in [0.5, 0.6) is 0 Å². The Balaban J connectivity index is 1.76. The number of hydrogen-bond donors (Lipinski definition) is 1. The van der Waals surface area contributed by atoms with Crippen molar-refractivity contribution >= 4 is 42.7 Å². The Hall–Kier alpha value is -2.19. The fraction of sp³-hybridized carbons (Fsp3) is 0.176. The normalized spacial score (nSPS) is 17.9. The smallest absolute Gasteiger partial charge is 0.247 e. The van der Waals surface area contributed by atoms with Gasteiger partial charge in [0.2, 0.25) is 10.0 Å². The van der Waals surface area contributed by atoms with Crippen LogP contribution in [0.15, 0.2) is 58.1 Å². The van der Waals surface area contributed by atoms with Gasteiger partial charge in [-0.1, -0.05) is 40.2 Å². The highest BCUT2D eigenvalue weighted by Gasteiger charge is 2.36. The second kappa shape index (κ2) is 5.96. The molecule has 1 N–H and O–H groups in total. The molecule has 0 aliphatic carbocycles. The number of para-hydroxylation sites is 2. The molecule has 2 heterocycles. The first-order valence-corrected chi connectivity index (χ1v) is 10.3. The van der Waals surface area contributed by atoms with Gasteiger partial charge < -0.3 is 4.98 Å². The zero-order valence-corrected chi connectivity index (χ0v) is 15.8. The number of sulfonamides is 1. The molecule has 0 bridgehead atoms. The number of hydrazone groups is 1. The van der Waals surface area contributed by atoms with E-state index >= 15 is 0 Å². The van der Waals surface area contributed by atoms with Crippen molar-refractivity contribution in [2.75, 3.05) is 6.26 Å². The van der Waals surface area contributed by atoms with Crippen molar-refractivity contribution in [2.45, 2.75) is 12.5 Å². The van der Waals surface area contributed by atoms with Crippen LogP contribution in [0, 0.1) is 0 Å². The van der Waals surface area contributed by atoms with Crippen molar-refractivity contribution in [3.8, 4) is 0 Å². The van der Waals surface area contributed by atoms with Crippen LogP contribution in [-0.4, -0.2) is 34.8 Å². The molecule has 8 heteroatoms. The first-order valence-electron chi connectivity index (χ1n) is 7.69. The van der Waals surface area contributed by atoms with E-state index in [0.717, 1.165) is 37.5 Å². The highest BCUT2D eigenvalue weighted by Crippen LogP contribution is 2.34. The van der Waals surface area contributed by atoms with Gasteiger partial charge in [0.25, 0.3) is 0 Å². The van der Waals surface area contributed by atoms with Crippen molar-refractivity contribution in [3.63, 3.8) is 0 Å². The van der Waals surface area contributed by atoms with Gasteiger partial charge in [-0.15, -0.1) is 0 Å². The number of nitrogens with zero attached hydrogens (tertiary/aromatic N) is 3. The summed E-state index contributed by atoms with van der Waals surface area (Å²) in [6, 6.07) is 14.8. The Morgan fingerprint density at radius 1 is 1.16 bits per heavy atom. The summed E-state index contributed by atoms with van der Waals surface area (Å²) in [6.07, 6.45) is 1.63. The molecular weight excluding hydrogens is 404 g/mol. The molecule has 2 aromatic carbocycles. The van der Waals surface area contributed by atoms with Crippen LogP contribution >= 0.6 is 15.9 Å². The molecule has 0 radical (unpaired) electrons. The Kier molecular flexibility index (Phi) is 3.88. The lowest BCUT2D eigenvalue weighted by Gasteiger charge is -2.18. The molecule has 3 aromatic rings. The Morgan fingerprint density at radius 2 is 1.88 bits per heavy atom. The highest BCUT2D eigenvalue weighted by atomic mass is 79.9. The molecule has 0 fully saturated rings. The van der Waals surface area contributed by atoms with E-state index in [4.69, 9.17) is 0 Å². The topological polar surface area (TPSA) is 78.4 Å². The van der Waals surface area contributed by atoms with E-state index in [1.165, 1.54) is 0 Å². The second-order valence-electron chi connectivity index (χ2n) is 5.95. The molecule has 6 nitrogen and oxygen atoms in total. The van der Waals surface area contributed by atoms with Crippen molar-refractivity contribution < 1.29 is 8.42 Å². The third-order valence-electron chi connectivity index (χ3n) is 4.11. The number of imidazole rings is 1. The summed E-state index contributed by atoms with van der Waals surface area (Å²) in [5.74, 6) is 0.600. The SMILES string of the molecule is CS(=O)(=O)N1N=C(c2ccc(Br)cc2)CC1c1nc2ccccc2[nH]1. The number of fused-ring (bicyclic) bond motifs is 1. The van der Waals surface area contributed by atoms with Gasteiger partial charge in [0.15, 0.2) is 0 Å². The van der Waals surface area contributed by atoms with Crippen LogP contribution in [0.25, 0.3) is 11.0 Å². The van der Waals surface area contributed by atoms with Gasteiger partial charge in [0, 0.05) is 10.9 Å². The maximum absolute atomic E-state index is 12.2. The summed E-state index contributed by atoms with van der Waals surface area (Å²) >= 11 is 3.40. The molecule has 1 aliphatic heterocycles. The maximum atomic E-state index is 12.2. The average Bonchev–Trinajstić information content (AvgIpc) is 3.19. The van der Waals surface area contributed by atoms with E-state index in [1.807, 2.05) is 48.5 Å². The molecule has 1 aromatic heterocycles. The largest absolute Gasteiger partial charge is 0.340 e. The van der Waals surface area contributed by atoms with Crippen LogP contribution in [0.1, 0.15) is 23.9 Å². The van der Waals surface area contributed by atoms with E-state index in [0.29, 0.717) is 12.2 Å². The van der Waals surface area contributed by atoms with Gasteiger partial charge >= 0.3 is 0 Å². The van der Waals surface area contributed by atoms with Crippen LogP contribution in [-0.2, 0) is 10.0 Å². The fourth-order valence-corrected chi connectivity index (χ4v) is 4.09. The monoisotopic (exact) mass is 418 g/mol. The summed E-state index contributed by atoms with van der Waals surface area (Å²) in [5, 5.41) is 4.37. The number of halogens is 1. The number of hydrogen-bond acceptors (Lipinski definition) is 4. The number of benzene rings is 2. The van der Waals surface area contributed by atoms with Crippen LogP contribution in [0.2, 0.25) is 0 Å². The zero-order valence-electron chi connectivity index (χ0n) is 13.3. The van der Waals surface area contributed by atoms with Crippen molar-refractivity contribution in [2.24, 2.45) is 5.10 Å². The van der Waals surface area contributed by atoms with Gasteiger partial charge in [-0.25, -0.2) is 13.4 Å². The number of aromatic nitrogens is 2. The Morgan fingerprint density at radius 3 is 2.56 bits per heavy atom. The summed E-state index contributed by atoms with van der Waals surface area (Å²) in [4.78, 5) is 7.78. The first-order chi connectivity index (χ1) is 11.9. The third kappa shape index (κ3) is 3.07. The van der Waals surface area contributed by atoms with E-state index in [2.05, 4.69) is 31.0 Å². The number of nitrogens with one attached hydrogen (secondary N) is 1. The lowest BCUT2D eigenvalue weighted by atomic mass is 10.0. The van der Waals surface area contributed by atoms with Crippen LogP contribution in [0.3, 0.4) is 0 Å². The van der Waals surface area contributed by atoms with E-state index in [9.17, 15) is 8.42 Å². The molecule has 0 spiro atoms. The lowest BCUT2D eigenvalue weighted by Crippen LogP contribution is -2.26. The number of rotatable bonds is 3. The van der Waals surface area contributed by atoms with Crippen LogP contribution < -0.4 is 0 Å². The van der Waals surface area contributed by atoms with Gasteiger partial charge in [-0.2, -0.15) is 9.52 Å². The van der Waals surface area contributed by atoms with Crippen molar-refractivity contribution in [1.82, 2.24) is 14.4 Å². The van der Waals surface area contributed by atoms with Gasteiger partial charge in [-0.05, 0) is 29.8 Å². The Labute approximate surface area is 153 Å². The average molecular weight is 419 g/mol. The number of aromatic amines is 1. The van der Waals surface area contributed by atoms with E-state index in [-0.39, 0.29) is 0 Å². The van der Waals surface area contributed by atoms with Crippen molar-refractivity contribution in [3.05, 3.63) is 64.4 Å². The molecule has 25 heavy (non-hydrogen) atoms. The van der Waals surface area contributed by atoms with Crippen LogP contribution in [0.4, 0.5) is 0 Å². The van der Waals surface area contributed by atoms with Gasteiger partial charge in [-0.3, -0.25) is 0 Å². The minimum Gasteiger partial charge on any atom is -0.340 e. The first kappa shape index (κ1) is 16.3. The molecule has 0 saturated heterocycles. The fourth-order valence-electron chi connectivity index (χ4n) is 2.95. The molecule has 4 rings (SSSR count). The zero-order chi connectivity index (χ0) is 17.6. The molecule has 0 amide bonds. The molecule has 0 saturated carbocycles. The summed E-state index contributed by atoms with van der Waals surface area (Å²) in [6.45, 7) is 0. The maximum Gasteiger partial charge on any atom is 0.247 e. The number of H-pyrrole nitrogens is 1. The summed E-state index contributed by atoms with van der Waals surface area (Å²) in [7, 11) is -3.51. The van der Waals surface area contributed by atoms with Crippen molar-refractivity contribution in [1.29, 1.82) is 0 Å². The summed E-state index contributed by atoms with van der Waals surface area (Å²) < 4.78 is 26.6. The van der Waals surface area contributed by atoms with Gasteiger partial charge in [0.05, 0.1) is 23.0 Å². The van der Waals surface area contributed by atoms with Gasteiger partial charge in [0.1, 0.15) is 11.9 Å². The predicted octanol–water partition coefficient (Wildman–Crippen LogP) is 3.44. The quantitative estimate of drug-likeness (QED) is 0.707. The lowest BCUT2D eigenvalue weighted by molar-refractivity contribution is 0.364. The standard InChI is InChI=1S/C17H15BrN4O2S/c1-25(23,24)22-16(17-19-13-4-2-3-5-14(13)20-17)10-15(21-22)11-6-8-12(18)9-7-11/h2-9,16H,10H2,1H3,(H,19,20). The molecule has 128 valence electrons. The minimum absolute atomic E-state index is 0.467. The second-order valence-corrected chi connectivity index (χ2v) is 8.70. The van der Waals surface area contributed by atoms with E-state index < -0.39 is 16.1 Å².